The van der Waals surface area contributed by atoms with E-state index in [1.807, 2.05) is 18.2 Å². The number of nitrogens with one attached hydrogen (secondary N) is 2. The number of anilines is 1. The van der Waals surface area contributed by atoms with Crippen molar-refractivity contribution < 1.29 is 9.53 Å². The SMILES string of the molecule is COCCc1ccccc1NC(=O)C1NCC2CCCC21. The standard InChI is InChI=1S/C17H24N2O2/c1-21-10-9-12-5-2-3-8-15(12)19-17(20)16-14-7-4-6-13(14)11-18-16/h2-3,5,8,13-14,16,18H,4,6-7,9-11H2,1H3,(H,19,20). The van der Waals surface area contributed by atoms with Crippen LogP contribution in [0.3, 0.4) is 0 Å². The monoisotopic (exact) mass is 288 g/mol. The minimum absolute atomic E-state index is 0.0204. The van der Waals surface area contributed by atoms with Crippen LogP contribution in [0.2, 0.25) is 0 Å². The van der Waals surface area contributed by atoms with Crippen LogP contribution in [-0.2, 0) is 16.0 Å². The molecule has 0 radical (unpaired) electrons. The third-order valence-corrected chi connectivity index (χ3v) is 4.88. The molecule has 1 amide bonds. The molecule has 1 aliphatic carbocycles. The van der Waals surface area contributed by atoms with Gasteiger partial charge >= 0.3 is 0 Å². The maximum Gasteiger partial charge on any atom is 0.241 e. The van der Waals surface area contributed by atoms with Crippen molar-refractivity contribution in [2.45, 2.75) is 31.7 Å². The molecular weight excluding hydrogens is 264 g/mol. The maximum atomic E-state index is 12.6. The van der Waals surface area contributed by atoms with Gasteiger partial charge in [0, 0.05) is 12.8 Å². The van der Waals surface area contributed by atoms with Crippen LogP contribution in [0.15, 0.2) is 24.3 Å². The third kappa shape index (κ3) is 3.11. The number of rotatable bonds is 5. The van der Waals surface area contributed by atoms with Gasteiger partial charge in [-0.25, -0.2) is 0 Å². The molecule has 2 fully saturated rings. The molecule has 3 atom stereocenters. The summed E-state index contributed by atoms with van der Waals surface area (Å²) in [5.41, 5.74) is 2.05. The average Bonchev–Trinajstić information content (AvgIpc) is 3.09. The van der Waals surface area contributed by atoms with Gasteiger partial charge in [0.2, 0.25) is 5.91 Å². The lowest BCUT2D eigenvalue weighted by Gasteiger charge is -2.19. The zero-order chi connectivity index (χ0) is 14.7. The molecule has 1 saturated heterocycles. The maximum absolute atomic E-state index is 12.6. The number of benzene rings is 1. The number of para-hydroxylation sites is 1. The average molecular weight is 288 g/mol. The minimum Gasteiger partial charge on any atom is -0.384 e. The quantitative estimate of drug-likeness (QED) is 0.873. The molecule has 2 aliphatic rings. The summed E-state index contributed by atoms with van der Waals surface area (Å²) in [4.78, 5) is 12.6. The molecule has 21 heavy (non-hydrogen) atoms. The van der Waals surface area contributed by atoms with Crippen molar-refractivity contribution in [1.29, 1.82) is 0 Å². The fourth-order valence-electron chi connectivity index (χ4n) is 3.76. The molecule has 4 heteroatoms. The van der Waals surface area contributed by atoms with Crippen LogP contribution in [0.25, 0.3) is 0 Å². The summed E-state index contributed by atoms with van der Waals surface area (Å²) >= 11 is 0. The van der Waals surface area contributed by atoms with Crippen molar-refractivity contribution in [3.8, 4) is 0 Å². The highest BCUT2D eigenvalue weighted by Gasteiger charge is 2.42. The lowest BCUT2D eigenvalue weighted by atomic mass is 9.93. The van der Waals surface area contributed by atoms with Gasteiger partial charge in [-0.2, -0.15) is 0 Å². The topological polar surface area (TPSA) is 50.4 Å². The highest BCUT2D eigenvalue weighted by molar-refractivity contribution is 5.96. The number of methoxy groups -OCH3 is 1. The first-order chi connectivity index (χ1) is 10.3. The van der Waals surface area contributed by atoms with E-state index in [1.54, 1.807) is 7.11 Å². The van der Waals surface area contributed by atoms with Crippen LogP contribution >= 0.6 is 0 Å². The molecule has 114 valence electrons. The van der Waals surface area contributed by atoms with Crippen molar-refractivity contribution in [2.75, 3.05) is 25.6 Å². The zero-order valence-corrected chi connectivity index (χ0v) is 12.6. The molecular formula is C17H24N2O2. The number of ether oxygens (including phenoxy) is 1. The molecule has 2 N–H and O–H groups in total. The van der Waals surface area contributed by atoms with Crippen molar-refractivity contribution >= 4 is 11.6 Å². The van der Waals surface area contributed by atoms with Crippen LogP contribution in [0, 0.1) is 11.8 Å². The first-order valence-electron chi connectivity index (χ1n) is 7.90. The van der Waals surface area contributed by atoms with Crippen LogP contribution in [0.4, 0.5) is 5.69 Å². The summed E-state index contributed by atoms with van der Waals surface area (Å²) < 4.78 is 5.14. The zero-order valence-electron chi connectivity index (χ0n) is 12.6. The number of carbonyl (C=O) groups excluding carboxylic acids is 1. The largest absolute Gasteiger partial charge is 0.384 e. The third-order valence-electron chi connectivity index (χ3n) is 4.88. The Morgan fingerprint density at radius 2 is 2.24 bits per heavy atom. The summed E-state index contributed by atoms with van der Waals surface area (Å²) in [6.45, 7) is 1.66. The Bertz CT molecular complexity index is 503. The highest BCUT2D eigenvalue weighted by Crippen LogP contribution is 2.38. The van der Waals surface area contributed by atoms with Crippen molar-refractivity contribution in [3.63, 3.8) is 0 Å². The molecule has 3 unspecified atom stereocenters. The van der Waals surface area contributed by atoms with E-state index in [4.69, 9.17) is 4.74 Å². The van der Waals surface area contributed by atoms with E-state index in [-0.39, 0.29) is 11.9 Å². The molecule has 4 nitrogen and oxygen atoms in total. The van der Waals surface area contributed by atoms with E-state index < -0.39 is 0 Å². The molecule has 3 rings (SSSR count). The molecule has 1 heterocycles. The van der Waals surface area contributed by atoms with Gasteiger partial charge in [-0.05, 0) is 49.3 Å². The van der Waals surface area contributed by atoms with Gasteiger partial charge in [0.15, 0.2) is 0 Å². The Kier molecular flexibility index (Phi) is 4.56. The van der Waals surface area contributed by atoms with E-state index in [1.165, 1.54) is 19.3 Å². The first kappa shape index (κ1) is 14.5. The van der Waals surface area contributed by atoms with Gasteiger partial charge in [0.1, 0.15) is 0 Å². The molecule has 1 saturated carbocycles. The Morgan fingerprint density at radius 1 is 1.38 bits per heavy atom. The van der Waals surface area contributed by atoms with E-state index in [0.29, 0.717) is 18.4 Å². The summed E-state index contributed by atoms with van der Waals surface area (Å²) in [5, 5.41) is 6.52. The summed E-state index contributed by atoms with van der Waals surface area (Å²) in [5.74, 6) is 1.34. The molecule has 1 aromatic rings. The smallest absolute Gasteiger partial charge is 0.241 e. The predicted octanol–water partition coefficient (Wildman–Crippen LogP) is 2.20. The van der Waals surface area contributed by atoms with Crippen LogP contribution in [-0.4, -0.2) is 32.2 Å². The first-order valence-corrected chi connectivity index (χ1v) is 7.90. The number of hydrogen-bond donors (Lipinski definition) is 2. The van der Waals surface area contributed by atoms with E-state index in [2.05, 4.69) is 16.7 Å². The van der Waals surface area contributed by atoms with Crippen molar-refractivity contribution in [3.05, 3.63) is 29.8 Å². The Balaban J connectivity index is 1.67. The van der Waals surface area contributed by atoms with Gasteiger partial charge in [0.25, 0.3) is 0 Å². The van der Waals surface area contributed by atoms with E-state index in [9.17, 15) is 4.79 Å². The second-order valence-electron chi connectivity index (χ2n) is 6.13. The van der Waals surface area contributed by atoms with Crippen molar-refractivity contribution in [2.24, 2.45) is 11.8 Å². The van der Waals surface area contributed by atoms with Crippen molar-refractivity contribution in [1.82, 2.24) is 5.32 Å². The second-order valence-corrected chi connectivity index (χ2v) is 6.13. The predicted molar refractivity (Wildman–Crippen MR) is 83.3 cm³/mol. The Labute approximate surface area is 126 Å². The van der Waals surface area contributed by atoms with Gasteiger partial charge in [-0.3, -0.25) is 4.79 Å². The molecule has 1 aromatic carbocycles. The molecule has 0 aromatic heterocycles. The number of fused-ring (bicyclic) bond motifs is 1. The van der Waals surface area contributed by atoms with Gasteiger partial charge in [-0.1, -0.05) is 24.6 Å². The van der Waals surface area contributed by atoms with Gasteiger partial charge in [0.05, 0.1) is 12.6 Å². The Morgan fingerprint density at radius 3 is 3.10 bits per heavy atom. The van der Waals surface area contributed by atoms with E-state index in [0.717, 1.165) is 24.2 Å². The number of amides is 1. The lowest BCUT2D eigenvalue weighted by molar-refractivity contribution is -0.118. The van der Waals surface area contributed by atoms with E-state index >= 15 is 0 Å². The summed E-state index contributed by atoms with van der Waals surface area (Å²) in [7, 11) is 1.70. The van der Waals surface area contributed by atoms with Gasteiger partial charge < -0.3 is 15.4 Å². The molecule has 1 aliphatic heterocycles. The second kappa shape index (κ2) is 6.58. The Hall–Kier alpha value is -1.39. The van der Waals surface area contributed by atoms with Crippen LogP contribution < -0.4 is 10.6 Å². The normalized spacial score (nSPS) is 27.6. The van der Waals surface area contributed by atoms with Gasteiger partial charge in [-0.15, -0.1) is 0 Å². The number of carbonyl (C=O) groups is 1. The van der Waals surface area contributed by atoms with Crippen LogP contribution in [0.1, 0.15) is 24.8 Å². The number of hydrogen-bond acceptors (Lipinski definition) is 3. The lowest BCUT2D eigenvalue weighted by Crippen LogP contribution is -2.39. The fourth-order valence-corrected chi connectivity index (χ4v) is 3.76. The summed E-state index contributed by atoms with van der Waals surface area (Å²) in [6.07, 6.45) is 4.54. The molecule has 0 spiro atoms. The van der Waals surface area contributed by atoms with Crippen LogP contribution in [0.5, 0.6) is 0 Å². The molecule has 0 bridgehead atoms. The fraction of sp³-hybridized carbons (Fsp3) is 0.588. The minimum atomic E-state index is -0.0204. The summed E-state index contributed by atoms with van der Waals surface area (Å²) in [6, 6.07) is 7.97. The highest BCUT2D eigenvalue weighted by atomic mass is 16.5.